The van der Waals surface area contributed by atoms with Crippen molar-refractivity contribution in [1.29, 1.82) is 0 Å². The van der Waals surface area contributed by atoms with Crippen molar-refractivity contribution in [2.24, 2.45) is 0 Å². The van der Waals surface area contributed by atoms with Gasteiger partial charge >= 0.3 is 0 Å². The van der Waals surface area contributed by atoms with Crippen LogP contribution in [0.4, 0.5) is 0 Å². The van der Waals surface area contributed by atoms with Gasteiger partial charge in [0.1, 0.15) is 0 Å². The molecule has 0 aliphatic rings. The Labute approximate surface area is 50.0 Å². The molecule has 0 nitrogen and oxygen atoms in total. The summed E-state index contributed by atoms with van der Waals surface area (Å²) in [6, 6.07) is 2.17. The van der Waals surface area contributed by atoms with Gasteiger partial charge in [0.15, 0.2) is 0 Å². The van der Waals surface area contributed by atoms with Crippen LogP contribution in [0.1, 0.15) is 0 Å². The number of thiophene rings is 1. The lowest BCUT2D eigenvalue weighted by Gasteiger charge is -1.76. The molecule has 2 radical (unpaired) electrons. The van der Waals surface area contributed by atoms with Crippen molar-refractivity contribution in [3.8, 4) is 0 Å². The minimum Gasteiger partial charge on any atom is -0.153 e. The van der Waals surface area contributed by atoms with Gasteiger partial charge in [0.05, 0.1) is 9.52 Å². The largest absolute Gasteiger partial charge is 0.153 e. The van der Waals surface area contributed by atoms with Crippen molar-refractivity contribution < 1.29 is 0 Å². The first-order valence-electron chi connectivity index (χ1n) is 2.13. The normalized spacial score (nSPS) is 9.29. The molecule has 0 aromatic carbocycles. The van der Waals surface area contributed by atoms with Crippen molar-refractivity contribution in [3.63, 3.8) is 0 Å². The van der Waals surface area contributed by atoms with Crippen molar-refractivity contribution in [2.75, 3.05) is 0 Å². The van der Waals surface area contributed by atoms with E-state index in [2.05, 4.69) is 23.4 Å². The maximum Gasteiger partial charge on any atom is 0.0784 e. The maximum absolute atomic E-state index is 2.20. The van der Waals surface area contributed by atoms with E-state index in [-0.39, 0.29) is 0 Å². The summed E-state index contributed by atoms with van der Waals surface area (Å²) in [5.41, 5.74) is 0. The Balaban J connectivity index is 2.76. The van der Waals surface area contributed by atoms with Gasteiger partial charge in [-0.25, -0.2) is 0 Å². The van der Waals surface area contributed by atoms with Crippen LogP contribution in [-0.2, 0) is 0 Å². The molecule has 1 heterocycles. The van der Waals surface area contributed by atoms with Crippen LogP contribution >= 0.6 is 11.3 Å². The molecule has 0 bridgehead atoms. The van der Waals surface area contributed by atoms with Crippen molar-refractivity contribution in [2.45, 2.75) is 6.55 Å². The SMILES string of the molecule is C[Si]c1ccsc1. The highest BCUT2D eigenvalue weighted by Crippen LogP contribution is 1.90. The first-order valence-corrected chi connectivity index (χ1v) is 4.57. The second-order valence-electron chi connectivity index (χ2n) is 1.26. The lowest BCUT2D eigenvalue weighted by molar-refractivity contribution is 2.09. The highest BCUT2D eigenvalue weighted by Gasteiger charge is 1.83. The zero-order chi connectivity index (χ0) is 5.11. The van der Waals surface area contributed by atoms with E-state index in [1.54, 1.807) is 11.3 Å². The van der Waals surface area contributed by atoms with Gasteiger partial charge in [-0.15, -0.1) is 0 Å². The van der Waals surface area contributed by atoms with Gasteiger partial charge in [0.25, 0.3) is 0 Å². The quantitative estimate of drug-likeness (QED) is 0.495. The van der Waals surface area contributed by atoms with E-state index in [0.29, 0.717) is 0 Å². The first-order chi connectivity index (χ1) is 3.43. The zero-order valence-electron chi connectivity index (χ0n) is 4.14. The van der Waals surface area contributed by atoms with Crippen LogP contribution in [-0.4, -0.2) is 9.52 Å². The van der Waals surface area contributed by atoms with Crippen LogP contribution in [0.5, 0.6) is 0 Å². The average molecular weight is 126 g/mol. The first kappa shape index (κ1) is 5.06. The standard InChI is InChI=1S/C5H6SSi/c1-7-5-2-3-6-4-5/h2-4H,1H3. The van der Waals surface area contributed by atoms with Crippen molar-refractivity contribution in [1.82, 2.24) is 0 Å². The molecule has 0 atom stereocenters. The fourth-order valence-corrected chi connectivity index (χ4v) is 1.98. The molecule has 1 aromatic rings. The van der Waals surface area contributed by atoms with Crippen LogP contribution in [0.25, 0.3) is 0 Å². The topological polar surface area (TPSA) is 0 Å². The summed E-state index contributed by atoms with van der Waals surface area (Å²) >= 11 is 1.77. The molecule has 0 spiro atoms. The van der Waals surface area contributed by atoms with Crippen molar-refractivity contribution >= 4 is 26.0 Å². The summed E-state index contributed by atoms with van der Waals surface area (Å²) in [5.74, 6) is 0. The number of hydrogen-bond donors (Lipinski definition) is 0. The lowest BCUT2D eigenvalue weighted by Crippen LogP contribution is -2.04. The van der Waals surface area contributed by atoms with Gasteiger partial charge in [-0.1, -0.05) is 17.8 Å². The molecule has 0 saturated heterocycles. The fraction of sp³-hybridized carbons (Fsp3) is 0.200. The Morgan fingerprint density at radius 1 is 1.71 bits per heavy atom. The van der Waals surface area contributed by atoms with Crippen LogP contribution in [0.2, 0.25) is 6.55 Å². The Kier molecular flexibility index (Phi) is 1.65. The molecular formula is C5H6SSi. The summed E-state index contributed by atoms with van der Waals surface area (Å²) in [4.78, 5) is 0. The molecule has 1 rings (SSSR count). The molecule has 0 aliphatic carbocycles. The zero-order valence-corrected chi connectivity index (χ0v) is 5.96. The predicted octanol–water partition coefficient (Wildman–Crippen LogP) is 1.13. The Hall–Kier alpha value is -0.0831. The van der Waals surface area contributed by atoms with Crippen LogP contribution < -0.4 is 5.19 Å². The second kappa shape index (κ2) is 2.28. The summed E-state index contributed by atoms with van der Waals surface area (Å²) in [6.07, 6.45) is 0. The summed E-state index contributed by atoms with van der Waals surface area (Å²) in [5, 5.41) is 5.79. The highest BCUT2D eigenvalue weighted by molar-refractivity contribution is 7.09. The summed E-state index contributed by atoms with van der Waals surface area (Å²) in [7, 11) is 0.965. The average Bonchev–Trinajstić information content (AvgIpc) is 2.14. The Bertz CT molecular complexity index is 123. The Morgan fingerprint density at radius 2 is 2.57 bits per heavy atom. The molecular weight excluding hydrogens is 120 g/mol. The molecule has 0 N–H and O–H groups in total. The van der Waals surface area contributed by atoms with Gasteiger partial charge in [0.2, 0.25) is 0 Å². The van der Waals surface area contributed by atoms with E-state index >= 15 is 0 Å². The second-order valence-corrected chi connectivity index (χ2v) is 3.12. The van der Waals surface area contributed by atoms with Crippen molar-refractivity contribution in [3.05, 3.63) is 16.8 Å². The molecule has 36 valence electrons. The van der Waals surface area contributed by atoms with E-state index in [0.717, 1.165) is 9.52 Å². The molecule has 0 fully saturated rings. The Morgan fingerprint density at radius 3 is 2.86 bits per heavy atom. The minimum atomic E-state index is 0.965. The number of rotatable bonds is 1. The molecule has 0 amide bonds. The number of hydrogen-bond acceptors (Lipinski definition) is 1. The third kappa shape index (κ3) is 1.14. The van der Waals surface area contributed by atoms with E-state index in [1.807, 2.05) is 0 Å². The monoisotopic (exact) mass is 126 g/mol. The minimum absolute atomic E-state index is 0.965. The lowest BCUT2D eigenvalue weighted by atomic mass is 10.7. The summed E-state index contributed by atoms with van der Waals surface area (Å²) < 4.78 is 0. The van der Waals surface area contributed by atoms with E-state index < -0.39 is 0 Å². The maximum atomic E-state index is 2.20. The van der Waals surface area contributed by atoms with Gasteiger partial charge in [0, 0.05) is 0 Å². The molecule has 0 saturated carbocycles. The third-order valence-electron chi connectivity index (χ3n) is 0.810. The molecule has 0 unspecified atom stereocenters. The third-order valence-corrected chi connectivity index (χ3v) is 2.59. The highest BCUT2D eigenvalue weighted by atomic mass is 32.1. The van der Waals surface area contributed by atoms with Gasteiger partial charge in [-0.3, -0.25) is 0 Å². The van der Waals surface area contributed by atoms with E-state index in [9.17, 15) is 0 Å². The molecule has 2 heteroatoms. The van der Waals surface area contributed by atoms with Crippen LogP contribution in [0.3, 0.4) is 0 Å². The van der Waals surface area contributed by atoms with Crippen LogP contribution in [0.15, 0.2) is 16.8 Å². The van der Waals surface area contributed by atoms with Crippen LogP contribution in [0, 0.1) is 0 Å². The molecule has 7 heavy (non-hydrogen) atoms. The van der Waals surface area contributed by atoms with Gasteiger partial charge in [-0.05, 0) is 10.8 Å². The predicted molar refractivity (Wildman–Crippen MR) is 35.6 cm³/mol. The smallest absolute Gasteiger partial charge is 0.0784 e. The van der Waals surface area contributed by atoms with Gasteiger partial charge in [-0.2, -0.15) is 11.3 Å². The molecule has 1 aromatic heterocycles. The van der Waals surface area contributed by atoms with E-state index in [4.69, 9.17) is 0 Å². The van der Waals surface area contributed by atoms with E-state index in [1.165, 1.54) is 5.19 Å². The summed E-state index contributed by atoms with van der Waals surface area (Å²) in [6.45, 7) is 2.20. The fourth-order valence-electron chi connectivity index (χ4n) is 0.407. The molecule has 0 aliphatic heterocycles. The van der Waals surface area contributed by atoms with Gasteiger partial charge < -0.3 is 0 Å².